The van der Waals surface area contributed by atoms with Crippen LogP contribution in [0.1, 0.15) is 24.2 Å². The highest BCUT2D eigenvalue weighted by Crippen LogP contribution is 2.05. The van der Waals surface area contributed by atoms with E-state index in [2.05, 4.69) is 5.32 Å². The van der Waals surface area contributed by atoms with Crippen molar-refractivity contribution in [3.63, 3.8) is 0 Å². The Bertz CT molecular complexity index is 673. The molecule has 24 heavy (non-hydrogen) atoms. The molecule has 0 saturated heterocycles. The van der Waals surface area contributed by atoms with Gasteiger partial charge in [0.1, 0.15) is 5.56 Å². The van der Waals surface area contributed by atoms with E-state index in [1.807, 2.05) is 44.2 Å². The van der Waals surface area contributed by atoms with E-state index in [9.17, 15) is 9.59 Å². The van der Waals surface area contributed by atoms with Crippen LogP contribution in [0.3, 0.4) is 0 Å². The first-order valence-corrected chi connectivity index (χ1v) is 7.77. The lowest BCUT2D eigenvalue weighted by Crippen LogP contribution is -2.41. The quantitative estimate of drug-likeness (QED) is 0.815. The fraction of sp³-hybridized carbons (Fsp3) is 0.278. The molecule has 0 aliphatic carbocycles. The van der Waals surface area contributed by atoms with E-state index in [4.69, 9.17) is 0 Å². The van der Waals surface area contributed by atoms with Gasteiger partial charge in [0.15, 0.2) is 12.4 Å². The Kier molecular flexibility index (Phi) is 7.92. The second-order valence-corrected chi connectivity index (χ2v) is 5.16. The molecule has 0 unspecified atom stereocenters. The maximum atomic E-state index is 12.3. The summed E-state index contributed by atoms with van der Waals surface area (Å²) in [7, 11) is 0. The van der Waals surface area contributed by atoms with Crippen molar-refractivity contribution in [2.75, 3.05) is 18.4 Å². The Labute approximate surface area is 148 Å². The minimum atomic E-state index is -0.131. The molecule has 0 fully saturated rings. The standard InChI is InChI=1S/C18H21N3O2.ClH/c1-3-21(4-2)18(23)15-9-8-12-20(13-15)14-17(22)19-16-10-6-5-7-11-16;/h5-13H,3-4,14H2,1-2H3;1H/p+1. The number of hydrogen-bond acceptors (Lipinski definition) is 2. The topological polar surface area (TPSA) is 53.3 Å². The lowest BCUT2D eigenvalue weighted by molar-refractivity contribution is -0.684. The van der Waals surface area contributed by atoms with Gasteiger partial charge in [-0.15, -0.1) is 12.4 Å². The minimum absolute atomic E-state index is 0. The average molecular weight is 349 g/mol. The summed E-state index contributed by atoms with van der Waals surface area (Å²) in [4.78, 5) is 26.2. The normalized spacial score (nSPS) is 9.75. The van der Waals surface area contributed by atoms with E-state index in [0.29, 0.717) is 18.7 Å². The Morgan fingerprint density at radius 2 is 1.71 bits per heavy atom. The molecule has 128 valence electrons. The molecular formula is C18H23ClN3O2+. The van der Waals surface area contributed by atoms with Crippen LogP contribution >= 0.6 is 12.4 Å². The summed E-state index contributed by atoms with van der Waals surface area (Å²) in [6.07, 6.45) is 3.49. The molecule has 1 heterocycles. The van der Waals surface area contributed by atoms with Crippen molar-refractivity contribution in [1.82, 2.24) is 4.90 Å². The first-order chi connectivity index (χ1) is 11.1. The summed E-state index contributed by atoms with van der Waals surface area (Å²) in [6.45, 7) is 5.39. The number of nitrogens with one attached hydrogen (secondary N) is 1. The third-order valence-electron chi connectivity index (χ3n) is 3.54. The molecule has 1 aromatic carbocycles. The van der Waals surface area contributed by atoms with E-state index in [0.717, 1.165) is 5.69 Å². The SMILES string of the molecule is CCN(CC)C(=O)c1ccc[n+](CC(=O)Nc2ccccc2)c1.Cl. The van der Waals surface area contributed by atoms with Crippen molar-refractivity contribution in [3.8, 4) is 0 Å². The highest BCUT2D eigenvalue weighted by atomic mass is 35.5. The zero-order valence-corrected chi connectivity index (χ0v) is 14.8. The van der Waals surface area contributed by atoms with Gasteiger partial charge in [0.05, 0.1) is 0 Å². The number of pyridine rings is 1. The number of anilines is 1. The summed E-state index contributed by atoms with van der Waals surface area (Å²) >= 11 is 0. The number of halogens is 1. The lowest BCUT2D eigenvalue weighted by atomic mass is 10.2. The highest BCUT2D eigenvalue weighted by molar-refractivity contribution is 5.93. The van der Waals surface area contributed by atoms with Gasteiger partial charge in [-0.1, -0.05) is 18.2 Å². The number of hydrogen-bond donors (Lipinski definition) is 1. The van der Waals surface area contributed by atoms with Crippen LogP contribution in [0, 0.1) is 0 Å². The molecule has 0 saturated carbocycles. The van der Waals surface area contributed by atoms with Gasteiger partial charge in [-0.25, -0.2) is 0 Å². The molecule has 2 aromatic rings. The van der Waals surface area contributed by atoms with Crippen LogP contribution in [0.4, 0.5) is 5.69 Å². The average Bonchev–Trinajstić information content (AvgIpc) is 2.57. The molecule has 0 spiro atoms. The van der Waals surface area contributed by atoms with Gasteiger partial charge in [0, 0.05) is 24.8 Å². The van der Waals surface area contributed by atoms with E-state index < -0.39 is 0 Å². The van der Waals surface area contributed by atoms with Crippen molar-refractivity contribution >= 4 is 29.9 Å². The van der Waals surface area contributed by atoms with Crippen LogP contribution in [0.2, 0.25) is 0 Å². The zero-order chi connectivity index (χ0) is 16.7. The number of rotatable bonds is 6. The van der Waals surface area contributed by atoms with Crippen LogP contribution in [0.5, 0.6) is 0 Å². The number of aromatic nitrogens is 1. The van der Waals surface area contributed by atoms with Gasteiger partial charge in [-0.2, -0.15) is 4.57 Å². The van der Waals surface area contributed by atoms with E-state index in [1.165, 1.54) is 0 Å². The lowest BCUT2D eigenvalue weighted by Gasteiger charge is -2.17. The van der Waals surface area contributed by atoms with E-state index in [1.54, 1.807) is 34.0 Å². The second-order valence-electron chi connectivity index (χ2n) is 5.16. The number of para-hydroxylation sites is 1. The van der Waals surface area contributed by atoms with Crippen molar-refractivity contribution < 1.29 is 14.2 Å². The maximum absolute atomic E-state index is 12.3. The smallest absolute Gasteiger partial charge is 0.290 e. The Hall–Kier alpha value is -2.40. The van der Waals surface area contributed by atoms with E-state index in [-0.39, 0.29) is 30.8 Å². The van der Waals surface area contributed by atoms with E-state index >= 15 is 0 Å². The predicted octanol–water partition coefficient (Wildman–Crippen LogP) is 2.52. The fourth-order valence-electron chi connectivity index (χ4n) is 2.33. The minimum Gasteiger partial charge on any atom is -0.339 e. The summed E-state index contributed by atoms with van der Waals surface area (Å²) in [5, 5.41) is 2.83. The number of carbonyl (C=O) groups excluding carboxylic acids is 2. The summed E-state index contributed by atoms with van der Waals surface area (Å²) in [6, 6.07) is 12.9. The van der Waals surface area contributed by atoms with Crippen LogP contribution in [0.25, 0.3) is 0 Å². The first kappa shape index (κ1) is 19.6. The predicted molar refractivity (Wildman–Crippen MR) is 96.2 cm³/mol. The molecule has 0 aliphatic rings. The van der Waals surface area contributed by atoms with Crippen LogP contribution in [-0.2, 0) is 11.3 Å². The van der Waals surface area contributed by atoms with Gasteiger partial charge in [0.25, 0.3) is 11.8 Å². The number of benzene rings is 1. The van der Waals surface area contributed by atoms with Crippen molar-refractivity contribution in [2.45, 2.75) is 20.4 Å². The molecule has 1 aromatic heterocycles. The van der Waals surface area contributed by atoms with Crippen LogP contribution in [-0.4, -0.2) is 29.8 Å². The monoisotopic (exact) mass is 348 g/mol. The third kappa shape index (κ3) is 5.35. The largest absolute Gasteiger partial charge is 0.339 e. The third-order valence-corrected chi connectivity index (χ3v) is 3.54. The van der Waals surface area contributed by atoms with Crippen LogP contribution in [0.15, 0.2) is 54.9 Å². The second kappa shape index (κ2) is 9.67. The Balaban J connectivity index is 0.00000288. The number of amides is 2. The maximum Gasteiger partial charge on any atom is 0.290 e. The van der Waals surface area contributed by atoms with Gasteiger partial charge in [-0.05, 0) is 32.0 Å². The zero-order valence-electron chi connectivity index (χ0n) is 13.9. The molecule has 0 radical (unpaired) electrons. The van der Waals surface area contributed by atoms with Gasteiger partial charge < -0.3 is 10.2 Å². The Morgan fingerprint density at radius 3 is 2.33 bits per heavy atom. The molecule has 5 nitrogen and oxygen atoms in total. The molecule has 0 atom stereocenters. The molecule has 2 rings (SSSR count). The summed E-state index contributed by atoms with van der Waals surface area (Å²) < 4.78 is 1.72. The molecule has 6 heteroatoms. The van der Waals surface area contributed by atoms with Gasteiger partial charge in [0.2, 0.25) is 6.54 Å². The van der Waals surface area contributed by atoms with Gasteiger partial charge in [-0.3, -0.25) is 9.59 Å². The first-order valence-electron chi connectivity index (χ1n) is 7.77. The Morgan fingerprint density at radius 1 is 1.04 bits per heavy atom. The molecular weight excluding hydrogens is 326 g/mol. The summed E-state index contributed by atoms with van der Waals surface area (Å²) in [5.74, 6) is -0.151. The molecule has 0 bridgehead atoms. The fourth-order valence-corrected chi connectivity index (χ4v) is 2.33. The number of nitrogens with zero attached hydrogens (tertiary/aromatic N) is 2. The number of carbonyl (C=O) groups is 2. The molecule has 0 aliphatic heterocycles. The summed E-state index contributed by atoms with van der Waals surface area (Å²) in [5.41, 5.74) is 1.34. The van der Waals surface area contributed by atoms with Gasteiger partial charge >= 0.3 is 0 Å². The molecule has 1 N–H and O–H groups in total. The van der Waals surface area contributed by atoms with Crippen molar-refractivity contribution in [3.05, 3.63) is 60.4 Å². The molecule has 2 amide bonds. The van der Waals surface area contributed by atoms with Crippen LogP contribution < -0.4 is 9.88 Å². The highest BCUT2D eigenvalue weighted by Gasteiger charge is 2.17. The van der Waals surface area contributed by atoms with Crippen molar-refractivity contribution in [2.24, 2.45) is 0 Å². The van der Waals surface area contributed by atoms with Crippen molar-refractivity contribution in [1.29, 1.82) is 0 Å².